The standard InChI is InChI=1S/C18H33N5O/c1-5-19-18(21-13-17-22-14(3)15(4)24-17)20-10-7-16-8-11-23(6-2)12-9-16/h16H,5-13H2,1-4H3,(H2,19,20,21). The summed E-state index contributed by atoms with van der Waals surface area (Å²) in [4.78, 5) is 11.5. The van der Waals surface area contributed by atoms with Gasteiger partial charge >= 0.3 is 0 Å². The predicted molar refractivity (Wildman–Crippen MR) is 98.3 cm³/mol. The van der Waals surface area contributed by atoms with Crippen molar-refractivity contribution in [1.29, 1.82) is 0 Å². The zero-order valence-corrected chi connectivity index (χ0v) is 15.7. The average molecular weight is 335 g/mol. The number of aromatic nitrogens is 1. The minimum atomic E-state index is 0.471. The van der Waals surface area contributed by atoms with Gasteiger partial charge in [-0.3, -0.25) is 0 Å². The number of rotatable bonds is 7. The molecule has 0 saturated carbocycles. The highest BCUT2D eigenvalue weighted by molar-refractivity contribution is 5.79. The lowest BCUT2D eigenvalue weighted by molar-refractivity contribution is 0.187. The largest absolute Gasteiger partial charge is 0.444 e. The smallest absolute Gasteiger partial charge is 0.216 e. The second-order valence-corrected chi connectivity index (χ2v) is 6.54. The summed E-state index contributed by atoms with van der Waals surface area (Å²) in [6.07, 6.45) is 3.84. The molecule has 1 aromatic heterocycles. The summed E-state index contributed by atoms with van der Waals surface area (Å²) in [6.45, 7) is 14.2. The molecule has 2 N–H and O–H groups in total. The van der Waals surface area contributed by atoms with Crippen molar-refractivity contribution >= 4 is 5.96 Å². The molecule has 1 aliphatic rings. The van der Waals surface area contributed by atoms with Crippen LogP contribution in [0, 0.1) is 19.8 Å². The Labute approximate surface area is 146 Å². The predicted octanol–water partition coefficient (Wildman–Crippen LogP) is 2.47. The molecule has 1 aromatic rings. The van der Waals surface area contributed by atoms with E-state index >= 15 is 0 Å². The molecule has 6 heteroatoms. The van der Waals surface area contributed by atoms with Crippen molar-refractivity contribution in [3.05, 3.63) is 17.3 Å². The molecule has 136 valence electrons. The quantitative estimate of drug-likeness (QED) is 0.592. The first-order valence-corrected chi connectivity index (χ1v) is 9.29. The Hall–Kier alpha value is -1.56. The van der Waals surface area contributed by atoms with Crippen LogP contribution in [0.5, 0.6) is 0 Å². The normalized spacial score (nSPS) is 17.2. The van der Waals surface area contributed by atoms with Gasteiger partial charge in [0.25, 0.3) is 0 Å². The Balaban J connectivity index is 1.75. The maximum atomic E-state index is 5.58. The Morgan fingerprint density at radius 1 is 1.25 bits per heavy atom. The van der Waals surface area contributed by atoms with E-state index in [0.717, 1.165) is 36.4 Å². The van der Waals surface area contributed by atoms with Gasteiger partial charge in [0, 0.05) is 13.1 Å². The fourth-order valence-corrected chi connectivity index (χ4v) is 3.08. The SMILES string of the molecule is CCNC(=NCc1nc(C)c(C)o1)NCCC1CCN(CC)CC1. The van der Waals surface area contributed by atoms with Crippen molar-refractivity contribution in [3.63, 3.8) is 0 Å². The van der Waals surface area contributed by atoms with E-state index in [0.29, 0.717) is 12.4 Å². The fourth-order valence-electron chi connectivity index (χ4n) is 3.08. The van der Waals surface area contributed by atoms with Crippen LogP contribution in [0.3, 0.4) is 0 Å². The Morgan fingerprint density at radius 3 is 2.58 bits per heavy atom. The summed E-state index contributed by atoms with van der Waals surface area (Å²) in [5.41, 5.74) is 0.941. The molecule has 1 fully saturated rings. The number of oxazole rings is 1. The molecule has 0 unspecified atom stereocenters. The molecule has 2 heterocycles. The topological polar surface area (TPSA) is 65.7 Å². The molecular formula is C18H33N5O. The van der Waals surface area contributed by atoms with Gasteiger partial charge in [0.1, 0.15) is 12.3 Å². The number of hydrogen-bond donors (Lipinski definition) is 2. The molecule has 2 rings (SSSR count). The van der Waals surface area contributed by atoms with Gasteiger partial charge < -0.3 is 20.0 Å². The number of aliphatic imine (C=N–C) groups is 1. The lowest BCUT2D eigenvalue weighted by Gasteiger charge is -2.31. The summed E-state index contributed by atoms with van der Waals surface area (Å²) in [5, 5.41) is 6.73. The zero-order valence-electron chi connectivity index (χ0n) is 15.7. The summed E-state index contributed by atoms with van der Waals surface area (Å²) in [6, 6.07) is 0. The van der Waals surface area contributed by atoms with E-state index in [1.54, 1.807) is 0 Å². The molecule has 0 aromatic carbocycles. The Morgan fingerprint density at radius 2 is 2.00 bits per heavy atom. The van der Waals surface area contributed by atoms with Gasteiger partial charge in [-0.05, 0) is 65.6 Å². The highest BCUT2D eigenvalue weighted by atomic mass is 16.4. The van der Waals surface area contributed by atoms with Crippen molar-refractivity contribution in [3.8, 4) is 0 Å². The molecule has 24 heavy (non-hydrogen) atoms. The maximum absolute atomic E-state index is 5.58. The first-order valence-electron chi connectivity index (χ1n) is 9.29. The minimum absolute atomic E-state index is 0.471. The molecule has 0 aliphatic carbocycles. The Bertz CT molecular complexity index is 498. The molecular weight excluding hydrogens is 302 g/mol. The summed E-state index contributed by atoms with van der Waals surface area (Å²) in [7, 11) is 0. The van der Waals surface area contributed by atoms with E-state index in [1.165, 1.54) is 38.9 Å². The van der Waals surface area contributed by atoms with Crippen molar-refractivity contribution < 1.29 is 4.42 Å². The molecule has 0 radical (unpaired) electrons. The monoisotopic (exact) mass is 335 g/mol. The number of aryl methyl sites for hydroxylation is 2. The fraction of sp³-hybridized carbons (Fsp3) is 0.778. The molecule has 1 aliphatic heterocycles. The van der Waals surface area contributed by atoms with Gasteiger partial charge in [0.05, 0.1) is 5.69 Å². The number of nitrogens with one attached hydrogen (secondary N) is 2. The third-order valence-corrected chi connectivity index (χ3v) is 4.79. The van der Waals surface area contributed by atoms with Gasteiger partial charge in [-0.2, -0.15) is 0 Å². The van der Waals surface area contributed by atoms with Crippen LogP contribution in [0.15, 0.2) is 9.41 Å². The van der Waals surface area contributed by atoms with Crippen LogP contribution in [-0.4, -0.2) is 48.6 Å². The number of guanidine groups is 1. The molecule has 6 nitrogen and oxygen atoms in total. The van der Waals surface area contributed by atoms with E-state index in [9.17, 15) is 0 Å². The number of likely N-dealkylation sites (tertiary alicyclic amines) is 1. The molecule has 0 atom stereocenters. The van der Waals surface area contributed by atoms with Crippen LogP contribution in [-0.2, 0) is 6.54 Å². The first-order chi connectivity index (χ1) is 11.6. The van der Waals surface area contributed by atoms with E-state index in [-0.39, 0.29) is 0 Å². The Kier molecular flexibility index (Phi) is 7.56. The molecule has 0 spiro atoms. The molecule has 0 bridgehead atoms. The highest BCUT2D eigenvalue weighted by Crippen LogP contribution is 2.19. The molecule has 1 saturated heterocycles. The number of piperidine rings is 1. The van der Waals surface area contributed by atoms with E-state index in [4.69, 9.17) is 4.42 Å². The van der Waals surface area contributed by atoms with Crippen molar-refractivity contribution in [1.82, 2.24) is 20.5 Å². The maximum Gasteiger partial charge on any atom is 0.216 e. The van der Waals surface area contributed by atoms with Crippen LogP contribution in [0.4, 0.5) is 0 Å². The third-order valence-electron chi connectivity index (χ3n) is 4.79. The number of hydrogen-bond acceptors (Lipinski definition) is 4. The van der Waals surface area contributed by atoms with Gasteiger partial charge in [0.15, 0.2) is 5.96 Å². The van der Waals surface area contributed by atoms with E-state index in [1.807, 2.05) is 13.8 Å². The third kappa shape index (κ3) is 5.82. The highest BCUT2D eigenvalue weighted by Gasteiger charge is 2.17. The van der Waals surface area contributed by atoms with Crippen molar-refractivity contribution in [2.45, 2.75) is 53.5 Å². The van der Waals surface area contributed by atoms with Gasteiger partial charge in [-0.15, -0.1) is 0 Å². The lowest BCUT2D eigenvalue weighted by Crippen LogP contribution is -2.39. The summed E-state index contributed by atoms with van der Waals surface area (Å²) >= 11 is 0. The molecule has 0 amide bonds. The van der Waals surface area contributed by atoms with Crippen molar-refractivity contribution in [2.75, 3.05) is 32.7 Å². The van der Waals surface area contributed by atoms with Crippen LogP contribution in [0.2, 0.25) is 0 Å². The zero-order chi connectivity index (χ0) is 17.4. The van der Waals surface area contributed by atoms with Crippen LogP contribution >= 0.6 is 0 Å². The van der Waals surface area contributed by atoms with Gasteiger partial charge in [-0.1, -0.05) is 6.92 Å². The summed E-state index contributed by atoms with van der Waals surface area (Å²) < 4.78 is 5.58. The van der Waals surface area contributed by atoms with Gasteiger partial charge in [-0.25, -0.2) is 9.98 Å². The minimum Gasteiger partial charge on any atom is -0.444 e. The second kappa shape index (κ2) is 9.67. The second-order valence-electron chi connectivity index (χ2n) is 6.54. The van der Waals surface area contributed by atoms with Crippen LogP contribution in [0.1, 0.15) is 50.5 Å². The first kappa shape index (κ1) is 18.8. The lowest BCUT2D eigenvalue weighted by atomic mass is 9.93. The van der Waals surface area contributed by atoms with E-state index in [2.05, 4.69) is 39.4 Å². The van der Waals surface area contributed by atoms with E-state index < -0.39 is 0 Å². The number of nitrogens with zero attached hydrogens (tertiary/aromatic N) is 3. The van der Waals surface area contributed by atoms with Gasteiger partial charge in [0.2, 0.25) is 5.89 Å². The van der Waals surface area contributed by atoms with Crippen LogP contribution in [0.25, 0.3) is 0 Å². The summed E-state index contributed by atoms with van der Waals surface area (Å²) in [5.74, 6) is 3.22. The van der Waals surface area contributed by atoms with Crippen LogP contribution < -0.4 is 10.6 Å². The average Bonchev–Trinajstić information content (AvgIpc) is 2.91. The van der Waals surface area contributed by atoms with Crippen molar-refractivity contribution in [2.24, 2.45) is 10.9 Å².